The number of carbonyl (C=O) groups is 1. The molecule has 0 saturated carbocycles. The molecule has 1 N–H and O–H groups in total. The quantitative estimate of drug-likeness (QED) is 0.324. The first-order valence-corrected chi connectivity index (χ1v) is 13.0. The smallest absolute Gasteiger partial charge is 0.419 e. The molecule has 2 aromatic heterocycles. The Morgan fingerprint density at radius 3 is 2.59 bits per heavy atom. The minimum atomic E-state index is -0.564. The van der Waals surface area contributed by atoms with Gasteiger partial charge in [-0.1, -0.05) is 30.7 Å². The number of hydrogen-bond acceptors (Lipinski definition) is 5. The van der Waals surface area contributed by atoms with Crippen LogP contribution in [0.3, 0.4) is 0 Å². The minimum Gasteiger partial charge on any atom is -0.496 e. The number of benzene rings is 2. The summed E-state index contributed by atoms with van der Waals surface area (Å²) in [6.45, 7) is 9.43. The highest BCUT2D eigenvalue weighted by Crippen LogP contribution is 2.38. The molecule has 3 heterocycles. The SMILES string of the molecule is COc1cc(C)c2c(ccn2C(=O)OC(C)(C)C)c1CN1CCCC[C@H]1c1ccc(-c2cn[nH]c2)cc1. The molecule has 37 heavy (non-hydrogen) atoms. The van der Waals surface area contributed by atoms with E-state index in [2.05, 4.69) is 39.4 Å². The lowest BCUT2D eigenvalue weighted by molar-refractivity contribution is 0.0544. The predicted octanol–water partition coefficient (Wildman–Crippen LogP) is 6.86. The van der Waals surface area contributed by atoms with Crippen molar-refractivity contribution < 1.29 is 14.3 Å². The topological polar surface area (TPSA) is 72.4 Å². The first-order valence-electron chi connectivity index (χ1n) is 13.0. The normalized spacial score (nSPS) is 16.7. The van der Waals surface area contributed by atoms with Crippen molar-refractivity contribution in [3.05, 3.63) is 71.7 Å². The van der Waals surface area contributed by atoms with Gasteiger partial charge in [0.2, 0.25) is 0 Å². The van der Waals surface area contributed by atoms with Crippen LogP contribution in [-0.4, -0.2) is 45.0 Å². The molecule has 194 valence electrons. The molecular formula is C30H36N4O3. The van der Waals surface area contributed by atoms with Gasteiger partial charge in [-0.2, -0.15) is 5.10 Å². The van der Waals surface area contributed by atoms with Crippen LogP contribution in [0.2, 0.25) is 0 Å². The van der Waals surface area contributed by atoms with Crippen molar-refractivity contribution in [3.8, 4) is 16.9 Å². The molecule has 0 aliphatic carbocycles. The second kappa shape index (κ2) is 10.1. The first-order chi connectivity index (χ1) is 17.7. The van der Waals surface area contributed by atoms with Crippen LogP contribution in [0.5, 0.6) is 5.75 Å². The number of piperidine rings is 1. The number of carbonyl (C=O) groups excluding carboxylic acids is 1. The number of likely N-dealkylation sites (tertiary alicyclic amines) is 1. The van der Waals surface area contributed by atoms with Crippen LogP contribution in [0.15, 0.2) is 55.0 Å². The number of nitrogens with one attached hydrogen (secondary N) is 1. The lowest BCUT2D eigenvalue weighted by atomic mass is 9.93. The average molecular weight is 501 g/mol. The van der Waals surface area contributed by atoms with Crippen LogP contribution in [0.25, 0.3) is 22.0 Å². The van der Waals surface area contributed by atoms with E-state index in [9.17, 15) is 4.79 Å². The highest BCUT2D eigenvalue weighted by molar-refractivity contribution is 5.95. The molecular weight excluding hydrogens is 464 g/mol. The largest absolute Gasteiger partial charge is 0.496 e. The van der Waals surface area contributed by atoms with Gasteiger partial charge < -0.3 is 9.47 Å². The molecule has 7 nitrogen and oxygen atoms in total. The molecule has 1 atom stereocenters. The van der Waals surface area contributed by atoms with Crippen LogP contribution in [-0.2, 0) is 11.3 Å². The molecule has 5 rings (SSSR count). The predicted molar refractivity (Wildman–Crippen MR) is 146 cm³/mol. The van der Waals surface area contributed by atoms with Crippen molar-refractivity contribution in [2.24, 2.45) is 0 Å². The van der Waals surface area contributed by atoms with Crippen molar-refractivity contribution in [3.63, 3.8) is 0 Å². The first kappa shape index (κ1) is 25.1. The van der Waals surface area contributed by atoms with Gasteiger partial charge in [0.05, 0.1) is 18.8 Å². The number of aryl methyl sites for hydroxylation is 1. The monoisotopic (exact) mass is 500 g/mol. The highest BCUT2D eigenvalue weighted by Gasteiger charge is 2.27. The van der Waals surface area contributed by atoms with E-state index in [-0.39, 0.29) is 6.09 Å². The van der Waals surface area contributed by atoms with Gasteiger partial charge in [-0.15, -0.1) is 0 Å². The fraction of sp³-hybridized carbons (Fsp3) is 0.400. The Morgan fingerprint density at radius 2 is 1.92 bits per heavy atom. The number of nitrogens with zero attached hydrogens (tertiary/aromatic N) is 3. The molecule has 0 spiro atoms. The van der Waals surface area contributed by atoms with Gasteiger partial charge in [0.25, 0.3) is 0 Å². The third kappa shape index (κ3) is 5.14. The van der Waals surface area contributed by atoms with Gasteiger partial charge in [-0.25, -0.2) is 4.79 Å². The van der Waals surface area contributed by atoms with E-state index in [0.717, 1.165) is 58.4 Å². The zero-order valence-electron chi connectivity index (χ0n) is 22.4. The van der Waals surface area contributed by atoms with Crippen molar-refractivity contribution in [2.45, 2.75) is 65.1 Å². The third-order valence-electron chi connectivity index (χ3n) is 7.14. The maximum absolute atomic E-state index is 13.0. The van der Waals surface area contributed by atoms with E-state index in [4.69, 9.17) is 9.47 Å². The van der Waals surface area contributed by atoms with Crippen LogP contribution in [0, 0.1) is 6.92 Å². The molecule has 2 aromatic carbocycles. The summed E-state index contributed by atoms with van der Waals surface area (Å²) in [5.74, 6) is 0.853. The zero-order valence-corrected chi connectivity index (χ0v) is 22.4. The number of aromatic nitrogens is 3. The van der Waals surface area contributed by atoms with E-state index in [1.807, 2.05) is 58.4 Å². The standard InChI is InChI=1S/C30H36N4O3/c1-20-16-27(36-5)25(24-13-15-34(28(20)24)29(35)37-30(2,3)4)19-33-14-7-6-8-26(33)22-11-9-21(10-12-22)23-17-31-32-18-23/h9-13,15-18,26H,6-8,14,19H2,1-5H3,(H,31,32)/t26-/m0/s1. The number of ether oxygens (including phenoxy) is 2. The Kier molecular flexibility index (Phi) is 6.82. The maximum Gasteiger partial charge on any atom is 0.419 e. The Labute approximate surface area is 218 Å². The molecule has 1 fully saturated rings. The summed E-state index contributed by atoms with van der Waals surface area (Å²) in [5.41, 5.74) is 5.97. The Hall–Kier alpha value is -3.58. The molecule has 0 radical (unpaired) electrons. The summed E-state index contributed by atoms with van der Waals surface area (Å²) >= 11 is 0. The molecule has 1 saturated heterocycles. The second-order valence-electron chi connectivity index (χ2n) is 10.9. The number of H-pyrrole nitrogens is 1. The van der Waals surface area contributed by atoms with Crippen molar-refractivity contribution >= 4 is 17.0 Å². The molecule has 0 amide bonds. The van der Waals surface area contributed by atoms with Crippen molar-refractivity contribution in [1.82, 2.24) is 19.7 Å². The fourth-order valence-electron chi connectivity index (χ4n) is 5.44. The van der Waals surface area contributed by atoms with E-state index in [1.165, 1.54) is 18.4 Å². The lowest BCUT2D eigenvalue weighted by Crippen LogP contribution is -2.33. The van der Waals surface area contributed by atoms with Crippen LogP contribution < -0.4 is 4.74 Å². The summed E-state index contributed by atoms with van der Waals surface area (Å²) in [5, 5.41) is 7.99. The molecule has 7 heteroatoms. The van der Waals surface area contributed by atoms with Gasteiger partial charge in [0, 0.05) is 41.5 Å². The van der Waals surface area contributed by atoms with Gasteiger partial charge in [0.15, 0.2) is 0 Å². The number of rotatable bonds is 5. The van der Waals surface area contributed by atoms with E-state index in [0.29, 0.717) is 6.04 Å². The minimum absolute atomic E-state index is 0.321. The lowest BCUT2D eigenvalue weighted by Gasteiger charge is -2.36. The van der Waals surface area contributed by atoms with Gasteiger partial charge in [0.1, 0.15) is 11.4 Å². The van der Waals surface area contributed by atoms with Crippen LogP contribution in [0.4, 0.5) is 4.79 Å². The van der Waals surface area contributed by atoms with Gasteiger partial charge in [-0.3, -0.25) is 14.6 Å². The Morgan fingerprint density at radius 1 is 1.14 bits per heavy atom. The van der Waals surface area contributed by atoms with Crippen molar-refractivity contribution in [2.75, 3.05) is 13.7 Å². The maximum atomic E-state index is 13.0. The van der Waals surface area contributed by atoms with E-state index >= 15 is 0 Å². The Bertz CT molecular complexity index is 1380. The summed E-state index contributed by atoms with van der Waals surface area (Å²) in [4.78, 5) is 15.5. The average Bonchev–Trinajstić information content (AvgIpc) is 3.56. The molecule has 4 aromatic rings. The summed E-state index contributed by atoms with van der Waals surface area (Å²) < 4.78 is 13.2. The van der Waals surface area contributed by atoms with E-state index in [1.54, 1.807) is 11.7 Å². The highest BCUT2D eigenvalue weighted by atomic mass is 16.6. The summed E-state index contributed by atoms with van der Waals surface area (Å²) in [6, 6.07) is 13.2. The Balaban J connectivity index is 1.48. The van der Waals surface area contributed by atoms with Gasteiger partial charge >= 0.3 is 6.09 Å². The second-order valence-corrected chi connectivity index (χ2v) is 10.9. The zero-order chi connectivity index (χ0) is 26.2. The number of fused-ring (bicyclic) bond motifs is 1. The summed E-state index contributed by atoms with van der Waals surface area (Å²) in [7, 11) is 1.72. The molecule has 0 unspecified atom stereocenters. The van der Waals surface area contributed by atoms with E-state index < -0.39 is 5.60 Å². The third-order valence-corrected chi connectivity index (χ3v) is 7.14. The van der Waals surface area contributed by atoms with Gasteiger partial charge in [-0.05, 0) is 75.9 Å². The summed E-state index contributed by atoms with van der Waals surface area (Å²) in [6.07, 6.45) is 8.70. The molecule has 1 aliphatic heterocycles. The fourth-order valence-corrected chi connectivity index (χ4v) is 5.44. The number of aromatic amines is 1. The van der Waals surface area contributed by atoms with Crippen molar-refractivity contribution in [1.29, 1.82) is 0 Å². The van der Waals surface area contributed by atoms with Crippen LogP contribution >= 0.6 is 0 Å². The molecule has 0 bridgehead atoms. The number of hydrogen-bond donors (Lipinski definition) is 1. The van der Waals surface area contributed by atoms with Crippen LogP contribution in [0.1, 0.15) is 62.8 Å². The molecule has 1 aliphatic rings. The number of methoxy groups -OCH3 is 1.